The molecule has 0 bridgehead atoms. The van der Waals surface area contributed by atoms with Crippen LogP contribution in [0.25, 0.3) is 4.96 Å². The van der Waals surface area contributed by atoms with Crippen molar-refractivity contribution in [2.24, 2.45) is 0 Å². The third kappa shape index (κ3) is 3.07. The Morgan fingerprint density at radius 3 is 2.57 bits per heavy atom. The van der Waals surface area contributed by atoms with Gasteiger partial charge in [0.1, 0.15) is 10.7 Å². The van der Waals surface area contributed by atoms with Gasteiger partial charge in [-0.1, -0.05) is 25.2 Å². The third-order valence-electron chi connectivity index (χ3n) is 3.19. The first-order chi connectivity index (χ1) is 9.99. The number of thiazole rings is 1. The zero-order valence-corrected chi connectivity index (χ0v) is 13.7. The van der Waals surface area contributed by atoms with Crippen LogP contribution in [0.1, 0.15) is 41.0 Å². The molecule has 0 spiro atoms. The van der Waals surface area contributed by atoms with E-state index in [1.54, 1.807) is 0 Å². The van der Waals surface area contributed by atoms with Crippen molar-refractivity contribution in [1.29, 1.82) is 0 Å². The maximum atomic E-state index is 12.3. The molecule has 2 aromatic heterocycles. The topological polar surface area (TPSA) is 77.8 Å². The summed E-state index contributed by atoms with van der Waals surface area (Å²) in [6.45, 7) is 6.29. The van der Waals surface area contributed by atoms with Gasteiger partial charge in [0.05, 0.1) is 6.54 Å². The summed E-state index contributed by atoms with van der Waals surface area (Å²) in [7, 11) is 3.07. The maximum absolute atomic E-state index is 12.3. The van der Waals surface area contributed by atoms with Crippen molar-refractivity contribution in [3.05, 3.63) is 16.4 Å². The van der Waals surface area contributed by atoms with Gasteiger partial charge in [-0.15, -0.1) is 10.2 Å². The zero-order valence-electron chi connectivity index (χ0n) is 12.8. The smallest absolute Gasteiger partial charge is 0.263 e. The van der Waals surface area contributed by atoms with Crippen molar-refractivity contribution in [1.82, 2.24) is 19.9 Å². The van der Waals surface area contributed by atoms with Crippen LogP contribution in [0.4, 0.5) is 0 Å². The van der Waals surface area contributed by atoms with Crippen LogP contribution in [0.3, 0.4) is 0 Å². The molecule has 1 N–H and O–H groups in total. The van der Waals surface area contributed by atoms with Gasteiger partial charge in [0, 0.05) is 25.8 Å². The van der Waals surface area contributed by atoms with Crippen molar-refractivity contribution in [2.75, 3.05) is 20.8 Å². The van der Waals surface area contributed by atoms with Crippen molar-refractivity contribution >= 4 is 22.2 Å². The predicted molar refractivity (Wildman–Crippen MR) is 79.8 cm³/mol. The molecule has 21 heavy (non-hydrogen) atoms. The number of aromatic nitrogens is 3. The molecule has 0 aromatic carbocycles. The monoisotopic (exact) mass is 312 g/mol. The Hall–Kier alpha value is -1.51. The van der Waals surface area contributed by atoms with Gasteiger partial charge in [0.25, 0.3) is 5.91 Å². The van der Waals surface area contributed by atoms with E-state index in [1.807, 2.05) is 11.3 Å². The summed E-state index contributed by atoms with van der Waals surface area (Å²) in [5.74, 6) is 0.955. The van der Waals surface area contributed by atoms with E-state index in [0.29, 0.717) is 11.4 Å². The second kappa shape index (κ2) is 6.50. The number of amides is 1. The fourth-order valence-electron chi connectivity index (χ4n) is 2.03. The van der Waals surface area contributed by atoms with E-state index in [1.165, 1.54) is 25.6 Å². The molecule has 0 unspecified atom stereocenters. The van der Waals surface area contributed by atoms with Gasteiger partial charge in [0.15, 0.2) is 6.29 Å². The first-order valence-electron chi connectivity index (χ1n) is 6.67. The third-order valence-corrected chi connectivity index (χ3v) is 4.33. The highest BCUT2D eigenvalue weighted by molar-refractivity contribution is 7.19. The van der Waals surface area contributed by atoms with Crippen LogP contribution >= 0.6 is 11.3 Å². The SMILES string of the molecule is COC(CNC(=O)c1sc2nnc(C(C)C)n2c1C)OC. The Kier molecular flexibility index (Phi) is 4.92. The number of carbonyl (C=O) groups excluding carboxylic acids is 1. The predicted octanol–water partition coefficient (Wildman–Crippen LogP) is 1.57. The average Bonchev–Trinajstić information content (AvgIpc) is 3.00. The van der Waals surface area contributed by atoms with E-state index in [4.69, 9.17) is 9.47 Å². The number of ether oxygens (including phenoxy) is 2. The van der Waals surface area contributed by atoms with Crippen LogP contribution in [0.2, 0.25) is 0 Å². The molecule has 2 heterocycles. The van der Waals surface area contributed by atoms with Gasteiger partial charge in [-0.05, 0) is 6.92 Å². The Bertz CT molecular complexity index is 631. The standard InChI is InChI=1S/C13H20N4O3S/c1-7(2)11-15-16-13-17(11)8(3)10(21-13)12(18)14-6-9(19-4)20-5/h7,9H,6H2,1-5H3,(H,14,18). The molecule has 0 aliphatic carbocycles. The molecule has 7 nitrogen and oxygen atoms in total. The largest absolute Gasteiger partial charge is 0.354 e. The van der Waals surface area contributed by atoms with Gasteiger partial charge in [-0.2, -0.15) is 0 Å². The summed E-state index contributed by atoms with van der Waals surface area (Å²) in [6.07, 6.45) is -0.453. The van der Waals surface area contributed by atoms with Crippen molar-refractivity contribution in [3.8, 4) is 0 Å². The number of aryl methyl sites for hydroxylation is 1. The minimum atomic E-state index is -0.453. The average molecular weight is 312 g/mol. The summed E-state index contributed by atoms with van der Waals surface area (Å²) < 4.78 is 12.0. The number of nitrogens with one attached hydrogen (secondary N) is 1. The fraction of sp³-hybridized carbons (Fsp3) is 0.615. The molecule has 0 atom stereocenters. The lowest BCUT2D eigenvalue weighted by atomic mass is 10.2. The number of nitrogens with zero attached hydrogens (tertiary/aromatic N) is 3. The van der Waals surface area contributed by atoms with Crippen LogP contribution in [-0.2, 0) is 9.47 Å². The van der Waals surface area contributed by atoms with E-state index < -0.39 is 6.29 Å². The van der Waals surface area contributed by atoms with E-state index in [9.17, 15) is 4.79 Å². The Balaban J connectivity index is 2.22. The molecular weight excluding hydrogens is 292 g/mol. The molecule has 0 saturated carbocycles. The minimum absolute atomic E-state index is 0.156. The Morgan fingerprint density at radius 1 is 1.33 bits per heavy atom. The van der Waals surface area contributed by atoms with Crippen LogP contribution in [0, 0.1) is 6.92 Å². The first kappa shape index (κ1) is 15.9. The number of fused-ring (bicyclic) bond motifs is 1. The number of carbonyl (C=O) groups is 1. The minimum Gasteiger partial charge on any atom is -0.354 e. The van der Waals surface area contributed by atoms with Crippen LogP contribution in [-0.4, -0.2) is 47.6 Å². The molecule has 2 rings (SSSR count). The summed E-state index contributed by atoms with van der Waals surface area (Å²) in [6, 6.07) is 0. The van der Waals surface area contributed by atoms with Gasteiger partial charge in [-0.25, -0.2) is 0 Å². The van der Waals surface area contributed by atoms with Crippen LogP contribution in [0.15, 0.2) is 0 Å². The molecule has 1 amide bonds. The van der Waals surface area contributed by atoms with Crippen LogP contribution in [0.5, 0.6) is 0 Å². The van der Waals surface area contributed by atoms with E-state index in [2.05, 4.69) is 29.4 Å². The molecule has 8 heteroatoms. The van der Waals surface area contributed by atoms with E-state index in [0.717, 1.165) is 16.5 Å². The van der Waals surface area contributed by atoms with Gasteiger partial charge < -0.3 is 14.8 Å². The summed E-state index contributed by atoms with van der Waals surface area (Å²) in [5, 5.41) is 11.1. The maximum Gasteiger partial charge on any atom is 0.263 e. The summed E-state index contributed by atoms with van der Waals surface area (Å²) in [4.78, 5) is 13.6. The highest BCUT2D eigenvalue weighted by atomic mass is 32.1. The Labute approximate surface area is 127 Å². The lowest BCUT2D eigenvalue weighted by molar-refractivity contribution is -0.0974. The van der Waals surface area contributed by atoms with Crippen LogP contribution < -0.4 is 5.32 Å². The molecule has 0 aliphatic heterocycles. The molecule has 116 valence electrons. The second-order valence-corrected chi connectivity index (χ2v) is 5.94. The van der Waals surface area contributed by atoms with Crippen molar-refractivity contribution in [3.63, 3.8) is 0 Å². The van der Waals surface area contributed by atoms with Crippen molar-refractivity contribution < 1.29 is 14.3 Å². The highest BCUT2D eigenvalue weighted by Gasteiger charge is 2.21. The normalized spacial score (nSPS) is 11.8. The summed E-state index contributed by atoms with van der Waals surface area (Å²) in [5.41, 5.74) is 0.854. The zero-order chi connectivity index (χ0) is 15.6. The van der Waals surface area contributed by atoms with E-state index in [-0.39, 0.29) is 11.8 Å². The quantitative estimate of drug-likeness (QED) is 0.819. The second-order valence-electron chi connectivity index (χ2n) is 4.96. The lowest BCUT2D eigenvalue weighted by Gasteiger charge is -2.13. The lowest BCUT2D eigenvalue weighted by Crippen LogP contribution is -2.34. The molecule has 0 radical (unpaired) electrons. The summed E-state index contributed by atoms with van der Waals surface area (Å²) >= 11 is 1.33. The molecule has 0 fully saturated rings. The molecule has 2 aromatic rings. The molecule has 0 aliphatic rings. The van der Waals surface area contributed by atoms with E-state index >= 15 is 0 Å². The first-order valence-corrected chi connectivity index (χ1v) is 7.49. The fourth-order valence-corrected chi connectivity index (χ4v) is 3.02. The number of methoxy groups -OCH3 is 2. The molecule has 0 saturated heterocycles. The van der Waals surface area contributed by atoms with Crippen molar-refractivity contribution in [2.45, 2.75) is 33.0 Å². The number of hydrogen-bond acceptors (Lipinski definition) is 6. The molecular formula is C13H20N4O3S. The number of hydrogen-bond donors (Lipinski definition) is 1. The van der Waals surface area contributed by atoms with Gasteiger partial charge in [0.2, 0.25) is 4.96 Å². The Morgan fingerprint density at radius 2 is 2.00 bits per heavy atom. The number of rotatable bonds is 6. The van der Waals surface area contributed by atoms with Gasteiger partial charge in [-0.3, -0.25) is 9.20 Å². The van der Waals surface area contributed by atoms with Gasteiger partial charge >= 0.3 is 0 Å². The highest BCUT2D eigenvalue weighted by Crippen LogP contribution is 2.25.